The second-order valence-corrected chi connectivity index (χ2v) is 10.3. The summed E-state index contributed by atoms with van der Waals surface area (Å²) in [6, 6.07) is 14.6. The molecule has 7 heteroatoms. The highest BCUT2D eigenvalue weighted by Gasteiger charge is 2.32. The summed E-state index contributed by atoms with van der Waals surface area (Å²) in [6.07, 6.45) is 7.81. The largest absolute Gasteiger partial charge is 0.371 e. The Kier molecular flexibility index (Phi) is 9.77. The Balaban J connectivity index is 1.94. The minimum Gasteiger partial charge on any atom is -0.371 e. The van der Waals surface area contributed by atoms with Crippen molar-refractivity contribution in [2.24, 2.45) is 0 Å². The summed E-state index contributed by atoms with van der Waals surface area (Å²) in [6.45, 7) is 5.42. The van der Waals surface area contributed by atoms with Crippen LogP contribution in [0, 0.1) is 29.1 Å². The zero-order chi connectivity index (χ0) is 28.8. The van der Waals surface area contributed by atoms with Gasteiger partial charge in [0, 0.05) is 18.8 Å². The van der Waals surface area contributed by atoms with Crippen molar-refractivity contribution in [3.8, 4) is 0 Å². The third-order valence-electron chi connectivity index (χ3n) is 7.43. The van der Waals surface area contributed by atoms with E-state index in [1.54, 1.807) is 12.1 Å². The van der Waals surface area contributed by atoms with Crippen LogP contribution in [0.2, 0.25) is 0 Å². The first-order chi connectivity index (χ1) is 19.3. The maximum Gasteiger partial charge on any atom is 0.201 e. The van der Waals surface area contributed by atoms with E-state index in [0.717, 1.165) is 62.1 Å². The van der Waals surface area contributed by atoms with E-state index in [1.165, 1.54) is 0 Å². The van der Waals surface area contributed by atoms with E-state index in [9.17, 15) is 26.7 Å². The number of halogens is 5. The Hall–Kier alpha value is -3.48. The van der Waals surface area contributed by atoms with Gasteiger partial charge in [0.15, 0.2) is 23.3 Å². The van der Waals surface area contributed by atoms with Gasteiger partial charge in [0.05, 0.1) is 5.56 Å². The van der Waals surface area contributed by atoms with Crippen molar-refractivity contribution >= 4 is 33.0 Å². The molecule has 0 fully saturated rings. The molecule has 2 nitrogen and oxygen atoms in total. The smallest absolute Gasteiger partial charge is 0.201 e. The van der Waals surface area contributed by atoms with Crippen molar-refractivity contribution in [3.05, 3.63) is 88.7 Å². The number of carbonyl (C=O) groups excluding carboxylic acids is 1. The molecule has 40 heavy (non-hydrogen) atoms. The van der Waals surface area contributed by atoms with E-state index in [-0.39, 0.29) is 5.56 Å². The van der Waals surface area contributed by atoms with Crippen LogP contribution in [0.4, 0.5) is 27.6 Å². The molecule has 0 atom stereocenters. The molecule has 0 aromatic heterocycles. The van der Waals surface area contributed by atoms with Crippen molar-refractivity contribution < 1.29 is 26.7 Å². The molecular formula is C33H34F5NO. The summed E-state index contributed by atoms with van der Waals surface area (Å²) in [7, 11) is 0. The average Bonchev–Trinajstić information content (AvgIpc) is 2.96. The summed E-state index contributed by atoms with van der Waals surface area (Å²) in [4.78, 5) is 16.0. The SMILES string of the molecule is CCCCCCN(CCCCCC)c1ccc2cc3ccccc3cc2c1C(=O)c1c(F)c(F)c(F)c(F)c1F. The summed E-state index contributed by atoms with van der Waals surface area (Å²) in [5.41, 5.74) is -1.06. The van der Waals surface area contributed by atoms with E-state index in [4.69, 9.17) is 0 Å². The number of rotatable bonds is 13. The second kappa shape index (κ2) is 13.2. The van der Waals surface area contributed by atoms with Crippen LogP contribution >= 0.6 is 0 Å². The number of ketones is 1. The monoisotopic (exact) mass is 555 g/mol. The molecule has 0 amide bonds. The first-order valence-electron chi connectivity index (χ1n) is 14.1. The van der Waals surface area contributed by atoms with Crippen molar-refractivity contribution in [3.63, 3.8) is 0 Å². The van der Waals surface area contributed by atoms with Crippen molar-refractivity contribution in [2.45, 2.75) is 65.2 Å². The predicted octanol–water partition coefficient (Wildman–Crippen LogP) is 9.89. The van der Waals surface area contributed by atoms with E-state index in [2.05, 4.69) is 13.8 Å². The van der Waals surface area contributed by atoms with Gasteiger partial charge in [0.2, 0.25) is 11.6 Å². The number of carbonyl (C=O) groups is 1. The van der Waals surface area contributed by atoms with Crippen LogP contribution in [0.15, 0.2) is 48.5 Å². The van der Waals surface area contributed by atoms with Crippen molar-refractivity contribution in [1.82, 2.24) is 0 Å². The fourth-order valence-corrected chi connectivity index (χ4v) is 5.25. The zero-order valence-corrected chi connectivity index (χ0v) is 22.9. The maximum atomic E-state index is 14.9. The highest BCUT2D eigenvalue weighted by Crippen LogP contribution is 2.36. The van der Waals surface area contributed by atoms with Gasteiger partial charge in [0.25, 0.3) is 0 Å². The quantitative estimate of drug-likeness (QED) is 0.0409. The minimum absolute atomic E-state index is 0.0579. The minimum atomic E-state index is -2.29. The molecule has 0 N–H and O–H groups in total. The third-order valence-corrected chi connectivity index (χ3v) is 7.43. The molecule has 0 aliphatic rings. The van der Waals surface area contributed by atoms with Gasteiger partial charge < -0.3 is 4.90 Å². The number of anilines is 1. The first kappa shape index (κ1) is 29.5. The molecule has 0 aliphatic heterocycles. The van der Waals surface area contributed by atoms with Crippen LogP contribution < -0.4 is 4.90 Å². The van der Waals surface area contributed by atoms with E-state index in [0.29, 0.717) is 29.5 Å². The van der Waals surface area contributed by atoms with Crippen LogP contribution in [-0.4, -0.2) is 18.9 Å². The van der Waals surface area contributed by atoms with Crippen molar-refractivity contribution in [2.75, 3.05) is 18.0 Å². The number of nitrogens with zero attached hydrogens (tertiary/aromatic N) is 1. The topological polar surface area (TPSA) is 20.3 Å². The van der Waals surface area contributed by atoms with E-state index >= 15 is 0 Å². The Morgan fingerprint density at radius 3 is 1.68 bits per heavy atom. The molecule has 0 aliphatic carbocycles. The Labute approximate surface area is 231 Å². The van der Waals surface area contributed by atoms with Gasteiger partial charge in [0.1, 0.15) is 5.56 Å². The summed E-state index contributed by atoms with van der Waals surface area (Å²) < 4.78 is 72.2. The second-order valence-electron chi connectivity index (χ2n) is 10.3. The lowest BCUT2D eigenvalue weighted by Gasteiger charge is -2.28. The first-order valence-corrected chi connectivity index (χ1v) is 14.1. The third kappa shape index (κ3) is 5.98. The van der Waals surface area contributed by atoms with E-state index in [1.807, 2.05) is 41.3 Å². The number of fused-ring (bicyclic) bond motifs is 2. The molecule has 0 heterocycles. The molecule has 0 saturated heterocycles. The highest BCUT2D eigenvalue weighted by molar-refractivity contribution is 6.21. The standard InChI is InChI=1S/C33H34F5NO/c1-3-5-7-11-17-39(18-12-8-6-4-2)25-16-15-23-19-21-13-9-10-14-22(21)20-24(23)26(25)33(40)27-28(34)30(36)32(38)31(37)29(27)35/h9-10,13-16,19-20H,3-8,11-12,17-18H2,1-2H3. The molecule has 0 spiro atoms. The Morgan fingerprint density at radius 1 is 0.600 bits per heavy atom. The molecule has 0 radical (unpaired) electrons. The van der Waals surface area contributed by atoms with Crippen LogP contribution in [-0.2, 0) is 0 Å². The van der Waals surface area contributed by atoms with Crippen molar-refractivity contribution in [1.29, 1.82) is 0 Å². The molecule has 212 valence electrons. The van der Waals surface area contributed by atoms with Gasteiger partial charge in [-0.25, -0.2) is 22.0 Å². The molecule has 0 saturated carbocycles. The van der Waals surface area contributed by atoms with Gasteiger partial charge in [-0.3, -0.25) is 4.79 Å². The predicted molar refractivity (Wildman–Crippen MR) is 152 cm³/mol. The molecule has 0 unspecified atom stereocenters. The molecule has 0 bridgehead atoms. The average molecular weight is 556 g/mol. The van der Waals surface area contributed by atoms with Crippen LogP contribution in [0.5, 0.6) is 0 Å². The number of hydrogen-bond acceptors (Lipinski definition) is 2. The Bertz CT molecular complexity index is 1480. The number of unbranched alkanes of at least 4 members (excludes halogenated alkanes) is 6. The molecule has 4 rings (SSSR count). The van der Waals surface area contributed by atoms with Gasteiger partial charge in [-0.2, -0.15) is 0 Å². The fourth-order valence-electron chi connectivity index (χ4n) is 5.25. The maximum absolute atomic E-state index is 14.9. The van der Waals surface area contributed by atoms with Gasteiger partial charge in [-0.05, 0) is 52.6 Å². The van der Waals surface area contributed by atoms with Crippen LogP contribution in [0.1, 0.15) is 81.1 Å². The summed E-state index contributed by atoms with van der Waals surface area (Å²) >= 11 is 0. The van der Waals surface area contributed by atoms with Crippen LogP contribution in [0.25, 0.3) is 21.5 Å². The summed E-state index contributed by atoms with van der Waals surface area (Å²) in [5.74, 6) is -12.0. The lowest BCUT2D eigenvalue weighted by atomic mass is 9.92. The number of benzene rings is 4. The normalized spacial score (nSPS) is 11.5. The molecule has 4 aromatic rings. The molecule has 4 aromatic carbocycles. The highest BCUT2D eigenvalue weighted by atomic mass is 19.2. The van der Waals surface area contributed by atoms with Crippen LogP contribution in [0.3, 0.4) is 0 Å². The van der Waals surface area contributed by atoms with Gasteiger partial charge >= 0.3 is 0 Å². The van der Waals surface area contributed by atoms with Gasteiger partial charge in [-0.1, -0.05) is 82.7 Å². The lowest BCUT2D eigenvalue weighted by molar-refractivity contribution is 0.103. The lowest BCUT2D eigenvalue weighted by Crippen LogP contribution is -2.28. The Morgan fingerprint density at radius 2 is 1.12 bits per heavy atom. The van der Waals surface area contributed by atoms with E-state index < -0.39 is 40.4 Å². The zero-order valence-electron chi connectivity index (χ0n) is 22.9. The molecular weight excluding hydrogens is 521 g/mol. The fraction of sp³-hybridized carbons (Fsp3) is 0.364. The summed E-state index contributed by atoms with van der Waals surface area (Å²) in [5, 5.41) is 2.72. The van der Waals surface area contributed by atoms with Gasteiger partial charge in [-0.15, -0.1) is 0 Å². The number of hydrogen-bond donors (Lipinski definition) is 0.